The lowest BCUT2D eigenvalue weighted by molar-refractivity contribution is -0.126. The van der Waals surface area contributed by atoms with Crippen LogP contribution in [-0.4, -0.2) is 28.9 Å². The number of carbonyl (C=O) groups is 2. The second kappa shape index (κ2) is 9.04. The molecule has 2 rings (SSSR count). The molecule has 138 valence electrons. The van der Waals surface area contributed by atoms with Crippen LogP contribution in [0.3, 0.4) is 0 Å². The molecule has 0 radical (unpaired) electrons. The molecule has 0 fully saturated rings. The van der Waals surface area contributed by atoms with Gasteiger partial charge in [0.05, 0.1) is 13.5 Å². The van der Waals surface area contributed by atoms with Crippen LogP contribution in [0.4, 0.5) is 0 Å². The highest BCUT2D eigenvalue weighted by molar-refractivity contribution is 5.99. The molecule has 2 N–H and O–H groups in total. The first-order chi connectivity index (χ1) is 12.4. The summed E-state index contributed by atoms with van der Waals surface area (Å²) in [5, 5.41) is 19.4. The van der Waals surface area contributed by atoms with Crippen LogP contribution in [0.1, 0.15) is 36.0 Å². The third kappa shape index (κ3) is 5.62. The van der Waals surface area contributed by atoms with E-state index in [4.69, 9.17) is 4.74 Å². The van der Waals surface area contributed by atoms with Crippen molar-refractivity contribution in [2.45, 2.75) is 39.0 Å². The minimum atomic E-state index is -0.114. The van der Waals surface area contributed by atoms with Gasteiger partial charge in [0, 0.05) is 12.8 Å². The quantitative estimate of drug-likeness (QED) is 0.672. The molecule has 5 nitrogen and oxygen atoms in total. The van der Waals surface area contributed by atoms with Crippen molar-refractivity contribution < 1.29 is 24.5 Å². The van der Waals surface area contributed by atoms with Crippen molar-refractivity contribution in [1.82, 2.24) is 0 Å². The lowest BCUT2D eigenvalue weighted by atomic mass is 10.0. The number of carbonyl (C=O) groups excluding carboxylic acids is 2. The highest BCUT2D eigenvalue weighted by Gasteiger charge is 2.11. The number of benzene rings is 2. The summed E-state index contributed by atoms with van der Waals surface area (Å²) in [6.07, 6.45) is 1.42. The normalized spacial score (nSPS) is 10.5. The summed E-state index contributed by atoms with van der Waals surface area (Å²) < 4.78 is 4.98. The van der Waals surface area contributed by atoms with Crippen molar-refractivity contribution in [3.05, 3.63) is 53.1 Å². The van der Waals surface area contributed by atoms with Crippen molar-refractivity contribution in [2.24, 2.45) is 0 Å². The number of ketones is 2. The van der Waals surface area contributed by atoms with Gasteiger partial charge in [-0.05, 0) is 54.7 Å². The molecule has 0 spiro atoms. The fraction of sp³-hybridized carbons (Fsp3) is 0.333. The van der Waals surface area contributed by atoms with Crippen molar-refractivity contribution in [1.29, 1.82) is 0 Å². The monoisotopic (exact) mass is 356 g/mol. The third-order valence-corrected chi connectivity index (χ3v) is 4.30. The van der Waals surface area contributed by atoms with Gasteiger partial charge >= 0.3 is 0 Å². The van der Waals surface area contributed by atoms with Gasteiger partial charge in [0.25, 0.3) is 0 Å². The van der Waals surface area contributed by atoms with E-state index in [1.54, 1.807) is 24.3 Å². The summed E-state index contributed by atoms with van der Waals surface area (Å²) in [4.78, 5) is 24.0. The van der Waals surface area contributed by atoms with Gasteiger partial charge in [-0.25, -0.2) is 0 Å². The molecule has 0 aliphatic carbocycles. The Hall–Kier alpha value is -2.82. The number of rotatable bonds is 9. The summed E-state index contributed by atoms with van der Waals surface area (Å²) in [6.45, 7) is 1.81. The SMILES string of the molecule is COc1ccc(CCC(=O)CC(=O)CCc2ccc(C)c(O)c2)cc1O. The molecule has 0 heterocycles. The van der Waals surface area contributed by atoms with Gasteiger partial charge in [0.2, 0.25) is 0 Å². The average molecular weight is 356 g/mol. The second-order valence-corrected chi connectivity index (χ2v) is 6.38. The van der Waals surface area contributed by atoms with Crippen LogP contribution >= 0.6 is 0 Å². The Morgan fingerprint density at radius 3 is 1.92 bits per heavy atom. The molecule has 5 heteroatoms. The number of Topliss-reactive ketones (excluding diaryl/α,β-unsaturated/α-hetero) is 2. The highest BCUT2D eigenvalue weighted by atomic mass is 16.5. The van der Waals surface area contributed by atoms with E-state index >= 15 is 0 Å². The van der Waals surface area contributed by atoms with E-state index in [0.29, 0.717) is 18.6 Å². The zero-order valence-electron chi connectivity index (χ0n) is 15.1. The number of methoxy groups -OCH3 is 1. The Kier molecular flexibility index (Phi) is 6.78. The van der Waals surface area contributed by atoms with Crippen LogP contribution in [0.25, 0.3) is 0 Å². The topological polar surface area (TPSA) is 83.8 Å². The maximum atomic E-state index is 12.0. The van der Waals surface area contributed by atoms with Gasteiger partial charge in [0.1, 0.15) is 17.3 Å². The molecule has 0 aliphatic rings. The van der Waals surface area contributed by atoms with Crippen molar-refractivity contribution in [2.75, 3.05) is 7.11 Å². The van der Waals surface area contributed by atoms with E-state index < -0.39 is 0 Å². The summed E-state index contributed by atoms with van der Waals surface area (Å²) in [5.41, 5.74) is 2.49. The number of ether oxygens (including phenoxy) is 1. The van der Waals surface area contributed by atoms with Crippen LogP contribution in [0.2, 0.25) is 0 Å². The standard InChI is InChI=1S/C21H24O5/c1-14-3-4-15(11-19(14)24)5-8-17(22)13-18(23)9-6-16-7-10-21(26-2)20(25)12-16/h3-4,7,10-12,24-25H,5-6,8-9,13H2,1-2H3. The lowest BCUT2D eigenvalue weighted by Crippen LogP contribution is -2.09. The van der Waals surface area contributed by atoms with E-state index in [1.807, 2.05) is 19.1 Å². The molecule has 26 heavy (non-hydrogen) atoms. The molecule has 0 aromatic heterocycles. The first kappa shape index (κ1) is 19.5. The molecular formula is C21H24O5. The van der Waals surface area contributed by atoms with Crippen LogP contribution in [-0.2, 0) is 22.4 Å². The van der Waals surface area contributed by atoms with E-state index in [1.165, 1.54) is 7.11 Å². The van der Waals surface area contributed by atoms with Crippen molar-refractivity contribution in [3.63, 3.8) is 0 Å². The Labute approximate surface area is 153 Å². The van der Waals surface area contributed by atoms with Crippen LogP contribution in [0, 0.1) is 6.92 Å². The summed E-state index contributed by atoms with van der Waals surface area (Å²) in [6, 6.07) is 10.3. The van der Waals surface area contributed by atoms with Gasteiger partial charge in [0.15, 0.2) is 11.5 Å². The first-order valence-electron chi connectivity index (χ1n) is 8.57. The van der Waals surface area contributed by atoms with Crippen molar-refractivity contribution in [3.8, 4) is 17.2 Å². The Bertz CT molecular complexity index is 795. The molecule has 0 aliphatic heterocycles. The van der Waals surface area contributed by atoms with Gasteiger partial charge in [-0.3, -0.25) is 9.59 Å². The van der Waals surface area contributed by atoms with Gasteiger partial charge in [-0.15, -0.1) is 0 Å². The van der Waals surface area contributed by atoms with E-state index in [9.17, 15) is 19.8 Å². The van der Waals surface area contributed by atoms with Crippen LogP contribution < -0.4 is 4.74 Å². The Balaban J connectivity index is 1.77. The van der Waals surface area contributed by atoms with E-state index in [0.717, 1.165) is 16.7 Å². The molecule has 0 saturated heterocycles. The average Bonchev–Trinajstić information content (AvgIpc) is 2.61. The van der Waals surface area contributed by atoms with E-state index in [2.05, 4.69) is 0 Å². The number of aryl methyl sites for hydroxylation is 3. The molecule has 0 saturated carbocycles. The third-order valence-electron chi connectivity index (χ3n) is 4.30. The number of hydrogen-bond donors (Lipinski definition) is 2. The Morgan fingerprint density at radius 1 is 0.885 bits per heavy atom. The highest BCUT2D eigenvalue weighted by Crippen LogP contribution is 2.26. The van der Waals surface area contributed by atoms with E-state index in [-0.39, 0.29) is 42.3 Å². The molecule has 0 amide bonds. The first-order valence-corrected chi connectivity index (χ1v) is 8.57. The number of aromatic hydroxyl groups is 2. The molecule has 2 aromatic rings. The van der Waals surface area contributed by atoms with Crippen molar-refractivity contribution >= 4 is 11.6 Å². The largest absolute Gasteiger partial charge is 0.508 e. The number of phenolic OH excluding ortho intramolecular Hbond substituents is 2. The van der Waals surface area contributed by atoms with Crippen LogP contribution in [0.5, 0.6) is 17.2 Å². The summed E-state index contributed by atoms with van der Waals surface area (Å²) in [5.74, 6) is 0.422. The summed E-state index contributed by atoms with van der Waals surface area (Å²) in [7, 11) is 1.47. The number of phenols is 2. The van der Waals surface area contributed by atoms with Gasteiger partial charge in [-0.1, -0.05) is 18.2 Å². The second-order valence-electron chi connectivity index (χ2n) is 6.38. The predicted molar refractivity (Wildman–Crippen MR) is 98.8 cm³/mol. The minimum Gasteiger partial charge on any atom is -0.508 e. The lowest BCUT2D eigenvalue weighted by Gasteiger charge is -2.06. The predicted octanol–water partition coefficient (Wildman–Crippen LogP) is 3.51. The fourth-order valence-electron chi connectivity index (χ4n) is 2.67. The van der Waals surface area contributed by atoms with Crippen LogP contribution in [0.15, 0.2) is 36.4 Å². The molecule has 0 atom stereocenters. The summed E-state index contributed by atoms with van der Waals surface area (Å²) >= 11 is 0. The molecule has 0 bridgehead atoms. The molecular weight excluding hydrogens is 332 g/mol. The smallest absolute Gasteiger partial charge is 0.160 e. The fourth-order valence-corrected chi connectivity index (χ4v) is 2.67. The zero-order chi connectivity index (χ0) is 19.1. The number of hydrogen-bond acceptors (Lipinski definition) is 5. The van der Waals surface area contributed by atoms with Gasteiger partial charge in [-0.2, -0.15) is 0 Å². The minimum absolute atomic E-state index is 0.0369. The Morgan fingerprint density at radius 2 is 1.42 bits per heavy atom. The maximum Gasteiger partial charge on any atom is 0.160 e. The molecule has 2 aromatic carbocycles. The zero-order valence-corrected chi connectivity index (χ0v) is 15.1. The molecule has 0 unspecified atom stereocenters. The maximum absolute atomic E-state index is 12.0. The van der Waals surface area contributed by atoms with Gasteiger partial charge < -0.3 is 14.9 Å².